The van der Waals surface area contributed by atoms with Crippen molar-refractivity contribution in [1.82, 2.24) is 0 Å². The van der Waals surface area contributed by atoms with Gasteiger partial charge >= 0.3 is 0 Å². The SMILES string of the molecule is c1cc[n+](N2CC2)cc1. The first kappa shape index (κ1) is 4.79. The second-order valence-corrected chi connectivity index (χ2v) is 2.21. The summed E-state index contributed by atoms with van der Waals surface area (Å²) in [6.07, 6.45) is 4.12. The Bertz CT molecular complexity index is 191. The van der Waals surface area contributed by atoms with Crippen molar-refractivity contribution in [2.45, 2.75) is 0 Å². The average molecular weight is 121 g/mol. The Labute approximate surface area is 54.3 Å². The van der Waals surface area contributed by atoms with Crippen molar-refractivity contribution in [3.05, 3.63) is 30.6 Å². The van der Waals surface area contributed by atoms with Crippen LogP contribution in [0.3, 0.4) is 0 Å². The summed E-state index contributed by atoms with van der Waals surface area (Å²) in [6, 6.07) is 6.11. The standard InChI is InChI=1S/C7H9N2/c1-2-4-8(5-3-1)9-6-7-9/h1-5H,6-7H2/q+1. The van der Waals surface area contributed by atoms with E-state index in [1.54, 1.807) is 0 Å². The van der Waals surface area contributed by atoms with Crippen LogP contribution in [-0.2, 0) is 0 Å². The van der Waals surface area contributed by atoms with Gasteiger partial charge in [-0.15, -0.1) is 0 Å². The zero-order valence-electron chi connectivity index (χ0n) is 5.20. The number of rotatable bonds is 1. The largest absolute Gasteiger partial charge is 0.199 e. The van der Waals surface area contributed by atoms with Gasteiger partial charge in [-0.25, -0.2) is 0 Å². The van der Waals surface area contributed by atoms with Crippen LogP contribution in [0.25, 0.3) is 0 Å². The average Bonchev–Trinajstić information content (AvgIpc) is 2.71. The number of nitrogens with zero attached hydrogens (tertiary/aromatic N) is 2. The Morgan fingerprint density at radius 2 is 1.67 bits per heavy atom. The molecule has 2 rings (SSSR count). The lowest BCUT2D eigenvalue weighted by Gasteiger charge is -1.90. The van der Waals surface area contributed by atoms with Crippen LogP contribution >= 0.6 is 0 Å². The Hall–Kier alpha value is -1.05. The fraction of sp³-hybridized carbons (Fsp3) is 0.286. The third-order valence-electron chi connectivity index (χ3n) is 1.45. The maximum atomic E-state index is 2.25. The van der Waals surface area contributed by atoms with E-state index in [4.69, 9.17) is 0 Å². The number of hydrogen-bond acceptors (Lipinski definition) is 1. The minimum absolute atomic E-state index is 1.20. The lowest BCUT2D eigenvalue weighted by molar-refractivity contribution is -0.675. The lowest BCUT2D eigenvalue weighted by atomic mass is 10.5. The molecule has 2 heterocycles. The van der Waals surface area contributed by atoms with Gasteiger partial charge in [0.2, 0.25) is 0 Å². The molecular weight excluding hydrogens is 112 g/mol. The zero-order chi connectivity index (χ0) is 6.10. The second kappa shape index (κ2) is 1.72. The lowest BCUT2D eigenvalue weighted by Crippen LogP contribution is -2.43. The highest BCUT2D eigenvalue weighted by molar-refractivity contribution is 4.92. The number of pyridine rings is 1. The molecule has 46 valence electrons. The molecule has 1 aliphatic heterocycles. The molecule has 0 amide bonds. The van der Waals surface area contributed by atoms with E-state index in [0.717, 1.165) is 0 Å². The summed E-state index contributed by atoms with van der Waals surface area (Å²) in [7, 11) is 0. The highest BCUT2D eigenvalue weighted by atomic mass is 15.6. The predicted octanol–water partition coefficient (Wildman–Crippen LogP) is -0.0743. The maximum Gasteiger partial charge on any atom is 0.199 e. The van der Waals surface area contributed by atoms with Crippen LogP contribution in [0.5, 0.6) is 0 Å². The van der Waals surface area contributed by atoms with E-state index in [1.807, 2.05) is 18.2 Å². The summed E-state index contributed by atoms with van der Waals surface area (Å²) in [5, 5.41) is 2.25. The Balaban J connectivity index is 2.29. The van der Waals surface area contributed by atoms with Crippen LogP contribution < -0.4 is 9.69 Å². The molecule has 9 heavy (non-hydrogen) atoms. The van der Waals surface area contributed by atoms with E-state index in [0.29, 0.717) is 0 Å². The van der Waals surface area contributed by atoms with Crippen LogP contribution in [0, 0.1) is 0 Å². The molecule has 0 spiro atoms. The molecule has 1 aliphatic rings. The van der Waals surface area contributed by atoms with Gasteiger partial charge in [-0.2, -0.15) is 5.01 Å². The van der Waals surface area contributed by atoms with E-state index >= 15 is 0 Å². The molecule has 2 heteroatoms. The van der Waals surface area contributed by atoms with Gasteiger partial charge in [0.15, 0.2) is 12.4 Å². The van der Waals surface area contributed by atoms with Crippen molar-refractivity contribution < 1.29 is 4.68 Å². The minimum atomic E-state index is 1.20. The minimum Gasteiger partial charge on any atom is -0.177 e. The van der Waals surface area contributed by atoms with Crippen molar-refractivity contribution in [2.24, 2.45) is 0 Å². The predicted molar refractivity (Wildman–Crippen MR) is 34.6 cm³/mol. The second-order valence-electron chi connectivity index (χ2n) is 2.21. The van der Waals surface area contributed by atoms with Gasteiger partial charge in [0.05, 0.1) is 13.1 Å². The molecular formula is C7H9N2+. The van der Waals surface area contributed by atoms with Crippen LogP contribution in [0.1, 0.15) is 0 Å². The first-order valence-corrected chi connectivity index (χ1v) is 3.18. The fourth-order valence-corrected chi connectivity index (χ4v) is 0.854. The Morgan fingerprint density at radius 3 is 2.22 bits per heavy atom. The summed E-state index contributed by atoms with van der Waals surface area (Å²) in [4.78, 5) is 0. The molecule has 1 aromatic rings. The molecule has 2 nitrogen and oxygen atoms in total. The van der Waals surface area contributed by atoms with Crippen molar-refractivity contribution in [1.29, 1.82) is 0 Å². The summed E-state index contributed by atoms with van der Waals surface area (Å²) < 4.78 is 2.11. The summed E-state index contributed by atoms with van der Waals surface area (Å²) in [5.74, 6) is 0. The molecule has 1 saturated heterocycles. The molecule has 0 atom stereocenters. The maximum absolute atomic E-state index is 2.25. The smallest absolute Gasteiger partial charge is 0.177 e. The molecule has 0 aromatic carbocycles. The molecule has 0 radical (unpaired) electrons. The third kappa shape index (κ3) is 0.875. The van der Waals surface area contributed by atoms with Crippen LogP contribution in [0.15, 0.2) is 30.6 Å². The first-order valence-electron chi connectivity index (χ1n) is 3.18. The molecule has 1 aromatic heterocycles. The van der Waals surface area contributed by atoms with Crippen LogP contribution in [0.2, 0.25) is 0 Å². The van der Waals surface area contributed by atoms with Crippen molar-refractivity contribution >= 4 is 0 Å². The van der Waals surface area contributed by atoms with Gasteiger partial charge < -0.3 is 0 Å². The molecule has 0 bridgehead atoms. The first-order chi connectivity index (χ1) is 4.47. The highest BCUT2D eigenvalue weighted by Gasteiger charge is 2.24. The van der Waals surface area contributed by atoms with Crippen LogP contribution in [-0.4, -0.2) is 13.1 Å². The van der Waals surface area contributed by atoms with Gasteiger partial charge in [-0.05, 0) is 0 Å². The monoisotopic (exact) mass is 121 g/mol. The Kier molecular flexibility index (Phi) is 0.918. The van der Waals surface area contributed by atoms with Crippen LogP contribution in [0.4, 0.5) is 0 Å². The van der Waals surface area contributed by atoms with E-state index in [2.05, 4.69) is 22.1 Å². The van der Waals surface area contributed by atoms with E-state index in [-0.39, 0.29) is 0 Å². The molecule has 0 aliphatic carbocycles. The summed E-state index contributed by atoms with van der Waals surface area (Å²) in [5.41, 5.74) is 0. The van der Waals surface area contributed by atoms with E-state index in [9.17, 15) is 0 Å². The zero-order valence-corrected chi connectivity index (χ0v) is 5.20. The summed E-state index contributed by atoms with van der Waals surface area (Å²) >= 11 is 0. The van der Waals surface area contributed by atoms with E-state index in [1.165, 1.54) is 13.1 Å². The van der Waals surface area contributed by atoms with Gasteiger partial charge in [0.25, 0.3) is 0 Å². The topological polar surface area (TPSA) is 6.89 Å². The normalized spacial score (nSPS) is 15.8. The fourth-order valence-electron chi connectivity index (χ4n) is 0.854. The summed E-state index contributed by atoms with van der Waals surface area (Å²) in [6.45, 7) is 2.41. The molecule has 0 N–H and O–H groups in total. The Morgan fingerprint density at radius 1 is 1.00 bits per heavy atom. The van der Waals surface area contributed by atoms with Crippen molar-refractivity contribution in [3.63, 3.8) is 0 Å². The molecule has 0 saturated carbocycles. The van der Waals surface area contributed by atoms with Crippen molar-refractivity contribution in [2.75, 3.05) is 18.1 Å². The highest BCUT2D eigenvalue weighted by Crippen LogP contribution is 1.91. The van der Waals surface area contributed by atoms with E-state index < -0.39 is 0 Å². The quantitative estimate of drug-likeness (QED) is 0.372. The van der Waals surface area contributed by atoms with Gasteiger partial charge in [0.1, 0.15) is 0 Å². The third-order valence-corrected chi connectivity index (χ3v) is 1.45. The van der Waals surface area contributed by atoms with Gasteiger partial charge in [-0.3, -0.25) is 0 Å². The van der Waals surface area contributed by atoms with Gasteiger partial charge in [0, 0.05) is 12.1 Å². The number of hydrogen-bond donors (Lipinski definition) is 0. The van der Waals surface area contributed by atoms with Crippen molar-refractivity contribution in [3.8, 4) is 0 Å². The molecule has 0 unspecified atom stereocenters. The number of aromatic nitrogens is 1. The van der Waals surface area contributed by atoms with Gasteiger partial charge in [-0.1, -0.05) is 10.7 Å². The molecule has 1 fully saturated rings.